The summed E-state index contributed by atoms with van der Waals surface area (Å²) >= 11 is 0. The van der Waals surface area contributed by atoms with E-state index in [0.29, 0.717) is 17.1 Å². The first kappa shape index (κ1) is 17.4. The summed E-state index contributed by atoms with van der Waals surface area (Å²) in [5.41, 5.74) is 4.36. The number of nitrogens with zero attached hydrogens (tertiary/aromatic N) is 3. The van der Waals surface area contributed by atoms with Gasteiger partial charge in [0.15, 0.2) is 5.65 Å². The van der Waals surface area contributed by atoms with Crippen LogP contribution in [0.5, 0.6) is 0 Å². The third-order valence-electron chi connectivity index (χ3n) is 6.79. The van der Waals surface area contributed by atoms with E-state index in [0.717, 1.165) is 23.1 Å². The standard InChI is InChI=1S/C23H26N4O/c1-14-3-6-17(7-4-14)21-9-10-24-22-20(13-25-27(21)22)23(28)26-15(2)19-12-16-5-8-18(19)11-16/h3-4,6-7,9-10,13,15-16,18-19H,5,8,11-12H2,1-2H3,(H,26,28). The highest BCUT2D eigenvalue weighted by molar-refractivity contribution is 6.00. The zero-order valence-corrected chi connectivity index (χ0v) is 16.4. The molecule has 0 spiro atoms. The Morgan fingerprint density at radius 1 is 1.18 bits per heavy atom. The van der Waals surface area contributed by atoms with Crippen LogP contribution in [0, 0.1) is 24.7 Å². The topological polar surface area (TPSA) is 59.3 Å². The Morgan fingerprint density at radius 2 is 2.00 bits per heavy atom. The number of fused-ring (bicyclic) bond motifs is 3. The van der Waals surface area contributed by atoms with Crippen molar-refractivity contribution in [2.24, 2.45) is 17.8 Å². The van der Waals surface area contributed by atoms with Crippen LogP contribution in [-0.4, -0.2) is 26.5 Å². The molecule has 0 saturated heterocycles. The number of rotatable bonds is 4. The first-order valence-electron chi connectivity index (χ1n) is 10.3. The zero-order chi connectivity index (χ0) is 19.3. The summed E-state index contributed by atoms with van der Waals surface area (Å²) in [5.74, 6) is 2.21. The van der Waals surface area contributed by atoms with Crippen molar-refractivity contribution in [1.82, 2.24) is 19.9 Å². The lowest BCUT2D eigenvalue weighted by molar-refractivity contribution is 0.0917. The van der Waals surface area contributed by atoms with Crippen LogP contribution in [0.25, 0.3) is 16.9 Å². The molecule has 5 heteroatoms. The van der Waals surface area contributed by atoms with Crippen molar-refractivity contribution < 1.29 is 4.79 Å². The van der Waals surface area contributed by atoms with E-state index >= 15 is 0 Å². The van der Waals surface area contributed by atoms with E-state index in [9.17, 15) is 4.79 Å². The molecule has 4 unspecified atom stereocenters. The molecule has 5 nitrogen and oxygen atoms in total. The van der Waals surface area contributed by atoms with Gasteiger partial charge in [0.05, 0.1) is 11.9 Å². The quantitative estimate of drug-likeness (QED) is 0.742. The van der Waals surface area contributed by atoms with E-state index in [1.54, 1.807) is 16.9 Å². The summed E-state index contributed by atoms with van der Waals surface area (Å²) in [5, 5.41) is 7.71. The minimum absolute atomic E-state index is 0.0705. The summed E-state index contributed by atoms with van der Waals surface area (Å²) in [6.45, 7) is 4.22. The van der Waals surface area contributed by atoms with Gasteiger partial charge in [0.2, 0.25) is 0 Å². The SMILES string of the molecule is Cc1ccc(-c2ccnc3c(C(=O)NC(C)C4CC5CCC4C5)cnn23)cc1. The molecule has 1 N–H and O–H groups in total. The summed E-state index contributed by atoms with van der Waals surface area (Å²) in [6, 6.07) is 10.4. The van der Waals surface area contributed by atoms with E-state index in [-0.39, 0.29) is 11.9 Å². The van der Waals surface area contributed by atoms with Gasteiger partial charge >= 0.3 is 0 Å². The fourth-order valence-corrected chi connectivity index (χ4v) is 5.29. The second-order valence-corrected chi connectivity index (χ2v) is 8.59. The average Bonchev–Trinajstić information content (AvgIpc) is 3.43. The van der Waals surface area contributed by atoms with Gasteiger partial charge in [0, 0.05) is 17.8 Å². The fourth-order valence-electron chi connectivity index (χ4n) is 5.29. The maximum Gasteiger partial charge on any atom is 0.256 e. The van der Waals surface area contributed by atoms with Crippen LogP contribution in [0.2, 0.25) is 0 Å². The number of aryl methyl sites for hydroxylation is 1. The van der Waals surface area contributed by atoms with Crippen molar-refractivity contribution in [3.63, 3.8) is 0 Å². The number of amides is 1. The molecule has 144 valence electrons. The van der Waals surface area contributed by atoms with Crippen LogP contribution in [0.3, 0.4) is 0 Å². The van der Waals surface area contributed by atoms with E-state index in [1.807, 2.05) is 6.07 Å². The third kappa shape index (κ3) is 2.89. The lowest BCUT2D eigenvalue weighted by atomic mass is 9.84. The molecule has 2 aromatic heterocycles. The fraction of sp³-hybridized carbons (Fsp3) is 0.435. The smallest absolute Gasteiger partial charge is 0.256 e. The molecule has 1 amide bonds. The Labute approximate surface area is 165 Å². The van der Waals surface area contributed by atoms with Crippen molar-refractivity contribution in [2.45, 2.75) is 45.6 Å². The van der Waals surface area contributed by atoms with Gasteiger partial charge in [-0.2, -0.15) is 5.10 Å². The Hall–Kier alpha value is -2.69. The van der Waals surface area contributed by atoms with Crippen molar-refractivity contribution in [3.8, 4) is 11.3 Å². The Bertz CT molecular complexity index is 1020. The third-order valence-corrected chi connectivity index (χ3v) is 6.79. The average molecular weight is 374 g/mol. The molecule has 5 rings (SSSR count). The Balaban J connectivity index is 1.41. The largest absolute Gasteiger partial charge is 0.349 e. The molecule has 28 heavy (non-hydrogen) atoms. The Morgan fingerprint density at radius 3 is 2.71 bits per heavy atom. The molecule has 2 bridgehead atoms. The monoisotopic (exact) mass is 374 g/mol. The van der Waals surface area contributed by atoms with Gasteiger partial charge in [-0.1, -0.05) is 36.2 Å². The molecule has 0 radical (unpaired) electrons. The minimum Gasteiger partial charge on any atom is -0.349 e. The first-order valence-corrected chi connectivity index (χ1v) is 10.3. The van der Waals surface area contributed by atoms with Gasteiger partial charge in [-0.05, 0) is 56.9 Å². The van der Waals surface area contributed by atoms with Gasteiger partial charge in [-0.25, -0.2) is 9.50 Å². The van der Waals surface area contributed by atoms with Crippen LogP contribution in [0.1, 0.15) is 48.5 Å². The number of carbonyl (C=O) groups is 1. The van der Waals surface area contributed by atoms with Crippen LogP contribution >= 0.6 is 0 Å². The highest BCUT2D eigenvalue weighted by atomic mass is 16.1. The molecule has 2 fully saturated rings. The summed E-state index contributed by atoms with van der Waals surface area (Å²) < 4.78 is 1.77. The first-order chi connectivity index (χ1) is 13.6. The molecule has 0 aliphatic heterocycles. The number of hydrogen-bond donors (Lipinski definition) is 1. The van der Waals surface area contributed by atoms with Crippen LogP contribution < -0.4 is 5.32 Å². The van der Waals surface area contributed by atoms with Gasteiger partial charge in [-0.3, -0.25) is 4.79 Å². The van der Waals surface area contributed by atoms with Gasteiger partial charge in [0.1, 0.15) is 5.56 Å². The van der Waals surface area contributed by atoms with E-state index < -0.39 is 0 Å². The van der Waals surface area contributed by atoms with E-state index in [1.165, 1.54) is 31.2 Å². The van der Waals surface area contributed by atoms with Gasteiger partial charge in [-0.15, -0.1) is 0 Å². The number of carbonyl (C=O) groups excluding carboxylic acids is 1. The van der Waals surface area contributed by atoms with Crippen molar-refractivity contribution in [1.29, 1.82) is 0 Å². The van der Waals surface area contributed by atoms with Crippen LogP contribution in [0.15, 0.2) is 42.7 Å². The van der Waals surface area contributed by atoms with Crippen molar-refractivity contribution in [2.75, 3.05) is 0 Å². The summed E-state index contributed by atoms with van der Waals surface area (Å²) in [6.07, 6.45) is 8.71. The molecule has 1 aromatic carbocycles. The molecular weight excluding hydrogens is 348 g/mol. The molecule has 2 heterocycles. The number of aromatic nitrogens is 3. The highest BCUT2D eigenvalue weighted by Crippen LogP contribution is 2.49. The number of benzene rings is 1. The molecule has 3 aromatic rings. The van der Waals surface area contributed by atoms with E-state index in [4.69, 9.17) is 0 Å². The molecule has 4 atom stereocenters. The maximum absolute atomic E-state index is 13.0. The maximum atomic E-state index is 13.0. The van der Waals surface area contributed by atoms with Crippen molar-refractivity contribution in [3.05, 3.63) is 53.9 Å². The normalized spacial score (nSPS) is 24.6. The second-order valence-electron chi connectivity index (χ2n) is 8.59. The van der Waals surface area contributed by atoms with Gasteiger partial charge < -0.3 is 5.32 Å². The minimum atomic E-state index is -0.0705. The molecule has 2 saturated carbocycles. The lowest BCUT2D eigenvalue weighted by Crippen LogP contribution is -2.40. The Kier molecular flexibility index (Phi) is 4.18. The number of nitrogens with one attached hydrogen (secondary N) is 1. The zero-order valence-electron chi connectivity index (χ0n) is 16.4. The van der Waals surface area contributed by atoms with E-state index in [2.05, 4.69) is 53.5 Å². The molecule has 2 aliphatic rings. The second kappa shape index (κ2) is 6.73. The predicted molar refractivity (Wildman–Crippen MR) is 109 cm³/mol. The van der Waals surface area contributed by atoms with Crippen molar-refractivity contribution >= 4 is 11.6 Å². The van der Waals surface area contributed by atoms with Crippen LogP contribution in [0.4, 0.5) is 0 Å². The summed E-state index contributed by atoms with van der Waals surface area (Å²) in [7, 11) is 0. The lowest BCUT2D eigenvalue weighted by Gasteiger charge is -2.28. The van der Waals surface area contributed by atoms with Gasteiger partial charge in [0.25, 0.3) is 5.91 Å². The number of hydrogen-bond acceptors (Lipinski definition) is 3. The van der Waals surface area contributed by atoms with Crippen LogP contribution in [-0.2, 0) is 0 Å². The summed E-state index contributed by atoms with van der Waals surface area (Å²) in [4.78, 5) is 17.4. The predicted octanol–water partition coefficient (Wildman–Crippen LogP) is 4.26. The molecular formula is C23H26N4O. The highest BCUT2D eigenvalue weighted by Gasteiger charge is 2.42. The molecule has 2 aliphatic carbocycles.